The largest absolute Gasteiger partial charge is 0.497 e. The smallest absolute Gasteiger partial charge is 0.306 e. The number of carbonyl (C=O) groups excluding carboxylic acids is 1. The highest BCUT2D eigenvalue weighted by Crippen LogP contribution is 2.45. The molecule has 0 N–H and O–H groups in total. The van der Waals surface area contributed by atoms with Gasteiger partial charge in [-0.1, -0.05) is 38.1 Å². The van der Waals surface area contributed by atoms with Crippen LogP contribution in [0.25, 0.3) is 11.1 Å². The van der Waals surface area contributed by atoms with E-state index in [1.165, 1.54) is 13.2 Å². The third-order valence-electron chi connectivity index (χ3n) is 7.82. The van der Waals surface area contributed by atoms with Gasteiger partial charge in [-0.2, -0.15) is 0 Å². The molecule has 3 aromatic rings. The van der Waals surface area contributed by atoms with Gasteiger partial charge in [-0.3, -0.25) is 4.79 Å². The summed E-state index contributed by atoms with van der Waals surface area (Å²) in [6.07, 6.45) is 2.22. The van der Waals surface area contributed by atoms with E-state index in [1.807, 2.05) is 36.4 Å². The van der Waals surface area contributed by atoms with E-state index < -0.39 is 5.41 Å². The number of ether oxygens (including phenoxy) is 5. The molecular formula is C34H41FO6. The summed E-state index contributed by atoms with van der Waals surface area (Å²) in [5, 5.41) is 0. The summed E-state index contributed by atoms with van der Waals surface area (Å²) in [6.45, 7) is 4.89. The Labute approximate surface area is 242 Å². The van der Waals surface area contributed by atoms with Gasteiger partial charge < -0.3 is 23.7 Å². The Hall–Kier alpha value is -3.42. The first-order valence-corrected chi connectivity index (χ1v) is 14.0. The average molecular weight is 565 g/mol. The standard InChI is InChI=1S/C34H41FO6/c1-34(2,21-37-3)33(40-6)30-16-22(10-14-27(30)29-18-25(38-4)13-15-31(29)35)20-41-26-9-7-8-24(17-26)28(23-11-12-23)19-32(36)39-5/h7-10,13-18,23,28,33H,11-12,19-21H2,1-6H3/t28-,33?/m0/s1. The molecule has 6 nitrogen and oxygen atoms in total. The molecule has 4 rings (SSSR count). The molecule has 1 aliphatic rings. The van der Waals surface area contributed by atoms with Crippen LogP contribution in [0.1, 0.15) is 61.8 Å². The second-order valence-electron chi connectivity index (χ2n) is 11.4. The zero-order valence-electron chi connectivity index (χ0n) is 24.9. The number of hydrogen-bond donors (Lipinski definition) is 0. The summed E-state index contributed by atoms with van der Waals surface area (Å²) in [5.74, 6) is 1.38. The number of benzene rings is 3. The molecule has 0 bridgehead atoms. The molecule has 0 spiro atoms. The summed E-state index contributed by atoms with van der Waals surface area (Å²) < 4.78 is 43.2. The molecule has 7 heteroatoms. The maximum absolute atomic E-state index is 15.1. The predicted molar refractivity (Wildman–Crippen MR) is 157 cm³/mol. The maximum atomic E-state index is 15.1. The molecule has 1 unspecified atom stereocenters. The summed E-state index contributed by atoms with van der Waals surface area (Å²) in [6, 6.07) is 18.6. The normalized spacial score (nSPS) is 14.8. The van der Waals surface area contributed by atoms with Gasteiger partial charge in [-0.25, -0.2) is 4.39 Å². The van der Waals surface area contributed by atoms with Crippen LogP contribution >= 0.6 is 0 Å². The van der Waals surface area contributed by atoms with Crippen LogP contribution in [-0.2, 0) is 25.6 Å². The molecule has 0 amide bonds. The molecule has 0 radical (unpaired) electrons. The minimum Gasteiger partial charge on any atom is -0.497 e. The average Bonchev–Trinajstić information content (AvgIpc) is 3.81. The van der Waals surface area contributed by atoms with Gasteiger partial charge in [-0.05, 0) is 83.3 Å². The Morgan fingerprint density at radius 1 is 0.951 bits per heavy atom. The van der Waals surface area contributed by atoms with E-state index in [9.17, 15) is 4.79 Å². The molecule has 3 aromatic carbocycles. The highest BCUT2D eigenvalue weighted by atomic mass is 19.1. The van der Waals surface area contributed by atoms with Crippen LogP contribution in [0.2, 0.25) is 0 Å². The lowest BCUT2D eigenvalue weighted by molar-refractivity contribution is -0.141. The van der Waals surface area contributed by atoms with Crippen molar-refractivity contribution in [2.45, 2.75) is 51.7 Å². The molecule has 0 aromatic heterocycles. The maximum Gasteiger partial charge on any atom is 0.306 e. The summed E-state index contributed by atoms with van der Waals surface area (Å²) in [5.41, 5.74) is 3.59. The van der Waals surface area contributed by atoms with Crippen molar-refractivity contribution in [3.8, 4) is 22.6 Å². The molecule has 1 fully saturated rings. The van der Waals surface area contributed by atoms with Gasteiger partial charge in [0.15, 0.2) is 0 Å². The number of halogens is 1. The first kappa shape index (κ1) is 30.5. The number of methoxy groups -OCH3 is 4. The minimum absolute atomic E-state index is 0.125. The van der Waals surface area contributed by atoms with Gasteiger partial charge in [0.2, 0.25) is 0 Å². The molecule has 0 heterocycles. The van der Waals surface area contributed by atoms with Gasteiger partial charge in [0.05, 0.1) is 33.4 Å². The topological polar surface area (TPSA) is 63.2 Å². The Balaban J connectivity index is 1.65. The lowest BCUT2D eigenvalue weighted by atomic mass is 9.80. The van der Waals surface area contributed by atoms with Crippen LogP contribution in [0, 0.1) is 17.2 Å². The Bertz CT molecular complexity index is 1330. The van der Waals surface area contributed by atoms with Crippen molar-refractivity contribution in [3.05, 3.63) is 83.2 Å². The van der Waals surface area contributed by atoms with Crippen molar-refractivity contribution in [3.63, 3.8) is 0 Å². The number of esters is 1. The van der Waals surface area contributed by atoms with E-state index in [2.05, 4.69) is 19.9 Å². The van der Waals surface area contributed by atoms with Crippen LogP contribution in [0.3, 0.4) is 0 Å². The molecular weight excluding hydrogens is 523 g/mol. The van der Waals surface area contributed by atoms with Crippen molar-refractivity contribution in [1.29, 1.82) is 0 Å². The van der Waals surface area contributed by atoms with Gasteiger partial charge >= 0.3 is 5.97 Å². The molecule has 41 heavy (non-hydrogen) atoms. The van der Waals surface area contributed by atoms with Crippen molar-refractivity contribution in [2.75, 3.05) is 35.0 Å². The van der Waals surface area contributed by atoms with Crippen molar-refractivity contribution in [2.24, 2.45) is 11.3 Å². The fraction of sp³-hybridized carbons (Fsp3) is 0.441. The highest BCUT2D eigenvalue weighted by molar-refractivity contribution is 5.71. The van der Waals surface area contributed by atoms with Gasteiger partial charge in [0, 0.05) is 25.2 Å². The SMILES string of the molecule is COCC(C)(C)C(OC)c1cc(COc2cccc([C@@H](CC(=O)OC)C3CC3)c2)ccc1-c1cc(OC)ccc1F. The molecule has 0 saturated heterocycles. The minimum atomic E-state index is -0.404. The van der Waals surface area contributed by atoms with Gasteiger partial charge in [0.25, 0.3) is 0 Å². The van der Waals surface area contributed by atoms with E-state index >= 15 is 4.39 Å². The van der Waals surface area contributed by atoms with Crippen molar-refractivity contribution in [1.82, 2.24) is 0 Å². The number of carbonyl (C=O) groups is 1. The summed E-state index contributed by atoms with van der Waals surface area (Å²) in [4.78, 5) is 12.0. The van der Waals surface area contributed by atoms with Gasteiger partial charge in [-0.15, -0.1) is 0 Å². The second kappa shape index (κ2) is 13.5. The van der Waals surface area contributed by atoms with Crippen LogP contribution in [0.15, 0.2) is 60.7 Å². The summed E-state index contributed by atoms with van der Waals surface area (Å²) in [7, 11) is 6.31. The van der Waals surface area contributed by atoms with Crippen LogP contribution < -0.4 is 9.47 Å². The Morgan fingerprint density at radius 3 is 2.39 bits per heavy atom. The lowest BCUT2D eigenvalue weighted by Crippen LogP contribution is -2.29. The zero-order valence-corrected chi connectivity index (χ0v) is 24.9. The quantitative estimate of drug-likeness (QED) is 0.189. The molecule has 220 valence electrons. The fourth-order valence-corrected chi connectivity index (χ4v) is 5.64. The lowest BCUT2D eigenvalue weighted by Gasteiger charge is -2.34. The number of hydrogen-bond acceptors (Lipinski definition) is 6. The van der Waals surface area contributed by atoms with Crippen LogP contribution in [0.4, 0.5) is 4.39 Å². The van der Waals surface area contributed by atoms with Gasteiger partial charge in [0.1, 0.15) is 23.9 Å². The fourth-order valence-electron chi connectivity index (χ4n) is 5.64. The van der Waals surface area contributed by atoms with Crippen LogP contribution in [-0.4, -0.2) is 41.0 Å². The van der Waals surface area contributed by atoms with Crippen LogP contribution in [0.5, 0.6) is 11.5 Å². The number of rotatable bonds is 14. The van der Waals surface area contributed by atoms with Crippen molar-refractivity contribution < 1.29 is 32.9 Å². The summed E-state index contributed by atoms with van der Waals surface area (Å²) >= 11 is 0. The van der Waals surface area contributed by atoms with E-state index in [0.717, 1.165) is 40.8 Å². The first-order chi connectivity index (χ1) is 19.7. The van der Waals surface area contributed by atoms with E-state index in [-0.39, 0.29) is 23.8 Å². The molecule has 1 aliphatic carbocycles. The molecule has 0 aliphatic heterocycles. The van der Waals surface area contributed by atoms with Crippen molar-refractivity contribution >= 4 is 5.97 Å². The van der Waals surface area contributed by atoms with E-state index in [4.69, 9.17) is 23.7 Å². The third kappa shape index (κ3) is 7.46. The Kier molecular flexibility index (Phi) is 10.1. The third-order valence-corrected chi connectivity index (χ3v) is 7.82. The highest BCUT2D eigenvalue weighted by Gasteiger charge is 2.35. The van der Waals surface area contributed by atoms with E-state index in [0.29, 0.717) is 36.9 Å². The Morgan fingerprint density at radius 2 is 1.73 bits per heavy atom. The molecule has 2 atom stereocenters. The second-order valence-corrected chi connectivity index (χ2v) is 11.4. The monoisotopic (exact) mass is 564 g/mol. The van der Waals surface area contributed by atoms with E-state index in [1.54, 1.807) is 33.5 Å². The first-order valence-electron chi connectivity index (χ1n) is 14.0. The zero-order chi connectivity index (χ0) is 29.6. The predicted octanol–water partition coefficient (Wildman–Crippen LogP) is 7.50. The molecule has 1 saturated carbocycles.